The van der Waals surface area contributed by atoms with E-state index in [1.165, 1.54) is 25.3 Å². The van der Waals surface area contributed by atoms with E-state index in [2.05, 4.69) is 10.0 Å². The molecule has 0 unspecified atom stereocenters. The highest BCUT2D eigenvalue weighted by Crippen LogP contribution is 2.28. The normalized spacial score (nSPS) is 11.4. The fourth-order valence-corrected chi connectivity index (χ4v) is 3.97. The molecule has 0 aliphatic heterocycles. The van der Waals surface area contributed by atoms with E-state index in [-0.39, 0.29) is 28.3 Å². The summed E-state index contributed by atoms with van der Waals surface area (Å²) in [5, 5.41) is 2.80. The van der Waals surface area contributed by atoms with Crippen molar-refractivity contribution in [2.45, 2.75) is 31.7 Å². The molecule has 0 aliphatic carbocycles. The molecule has 0 heterocycles. The molecule has 2 rings (SSSR count). The Morgan fingerprint density at radius 1 is 1.14 bits per heavy atom. The second kappa shape index (κ2) is 9.27. The maximum Gasteiger partial charge on any atom is 0.262 e. The number of anilines is 1. The lowest BCUT2D eigenvalue weighted by molar-refractivity contribution is -0.118. The molecular weight excluding hydrogens is 404 g/mol. The molecule has 0 atom stereocenters. The third-order valence-corrected chi connectivity index (χ3v) is 5.54. The van der Waals surface area contributed by atoms with Crippen LogP contribution in [0.5, 0.6) is 11.5 Å². The first kappa shape index (κ1) is 22.0. The molecule has 0 radical (unpaired) electrons. The predicted octanol–water partition coefficient (Wildman–Crippen LogP) is 3.36. The van der Waals surface area contributed by atoms with Gasteiger partial charge in [0.25, 0.3) is 5.91 Å². The number of amides is 1. The zero-order valence-electron chi connectivity index (χ0n) is 16.1. The number of carbonyl (C=O) groups is 1. The molecule has 0 saturated carbocycles. The van der Waals surface area contributed by atoms with E-state index in [0.717, 1.165) is 5.56 Å². The molecule has 0 aromatic heterocycles. The smallest absolute Gasteiger partial charge is 0.262 e. The van der Waals surface area contributed by atoms with Crippen LogP contribution in [0.25, 0.3) is 0 Å². The molecule has 9 heteroatoms. The summed E-state index contributed by atoms with van der Waals surface area (Å²) in [6.07, 6.45) is 0. The van der Waals surface area contributed by atoms with Crippen LogP contribution in [0.15, 0.2) is 41.3 Å². The number of methoxy groups -OCH3 is 1. The molecule has 7 nitrogen and oxygen atoms in total. The number of carbonyl (C=O) groups excluding carboxylic acids is 1. The van der Waals surface area contributed by atoms with E-state index in [0.29, 0.717) is 11.4 Å². The SMILES string of the molecule is COc1ccc(C)cc1NC(=O)COc1ccc(S(=O)(=O)NC(C)C)cc1Cl. The lowest BCUT2D eigenvalue weighted by Gasteiger charge is -2.13. The van der Waals surface area contributed by atoms with Crippen molar-refractivity contribution >= 4 is 33.2 Å². The van der Waals surface area contributed by atoms with Crippen molar-refractivity contribution in [3.05, 3.63) is 47.0 Å². The van der Waals surface area contributed by atoms with Gasteiger partial charge in [-0.1, -0.05) is 17.7 Å². The summed E-state index contributed by atoms with van der Waals surface area (Å²) >= 11 is 6.12. The van der Waals surface area contributed by atoms with Gasteiger partial charge in [-0.25, -0.2) is 13.1 Å². The maximum atomic E-state index is 12.2. The quantitative estimate of drug-likeness (QED) is 0.675. The Morgan fingerprint density at radius 3 is 2.43 bits per heavy atom. The number of sulfonamides is 1. The van der Waals surface area contributed by atoms with Crippen molar-refractivity contribution < 1.29 is 22.7 Å². The zero-order valence-corrected chi connectivity index (χ0v) is 17.6. The van der Waals surface area contributed by atoms with Crippen LogP contribution >= 0.6 is 11.6 Å². The Labute approximate surface area is 170 Å². The van der Waals surface area contributed by atoms with Gasteiger partial charge >= 0.3 is 0 Å². The van der Waals surface area contributed by atoms with E-state index in [9.17, 15) is 13.2 Å². The van der Waals surface area contributed by atoms with Crippen LogP contribution in [0.1, 0.15) is 19.4 Å². The number of hydrogen-bond donors (Lipinski definition) is 2. The molecule has 0 bridgehead atoms. The van der Waals surface area contributed by atoms with E-state index >= 15 is 0 Å². The summed E-state index contributed by atoms with van der Waals surface area (Å²) in [7, 11) is -2.15. The molecule has 152 valence electrons. The largest absolute Gasteiger partial charge is 0.495 e. The van der Waals surface area contributed by atoms with Crippen LogP contribution in [0, 0.1) is 6.92 Å². The summed E-state index contributed by atoms with van der Waals surface area (Å²) in [4.78, 5) is 12.2. The first-order valence-corrected chi connectivity index (χ1v) is 10.4. The number of nitrogens with one attached hydrogen (secondary N) is 2. The predicted molar refractivity (Wildman–Crippen MR) is 109 cm³/mol. The number of benzene rings is 2. The Hall–Kier alpha value is -2.29. The van der Waals surface area contributed by atoms with Gasteiger partial charge in [0.05, 0.1) is 22.7 Å². The average molecular weight is 427 g/mol. The minimum Gasteiger partial charge on any atom is -0.495 e. The second-order valence-corrected chi connectivity index (χ2v) is 8.53. The second-order valence-electron chi connectivity index (χ2n) is 6.41. The highest BCUT2D eigenvalue weighted by molar-refractivity contribution is 7.89. The zero-order chi connectivity index (χ0) is 20.9. The van der Waals surface area contributed by atoms with Crippen LogP contribution in [0.3, 0.4) is 0 Å². The molecule has 2 aromatic rings. The summed E-state index contributed by atoms with van der Waals surface area (Å²) in [6, 6.07) is 9.22. The third kappa shape index (κ3) is 5.85. The van der Waals surface area contributed by atoms with Gasteiger partial charge in [-0.15, -0.1) is 0 Å². The van der Waals surface area contributed by atoms with Crippen molar-refractivity contribution in [1.29, 1.82) is 0 Å². The monoisotopic (exact) mass is 426 g/mol. The van der Waals surface area contributed by atoms with Gasteiger partial charge < -0.3 is 14.8 Å². The third-order valence-electron chi connectivity index (χ3n) is 3.59. The first-order valence-electron chi connectivity index (χ1n) is 8.51. The lowest BCUT2D eigenvalue weighted by Crippen LogP contribution is -2.30. The molecular formula is C19H23ClN2O5S. The summed E-state index contributed by atoms with van der Waals surface area (Å²) in [6.45, 7) is 5.04. The molecule has 0 saturated heterocycles. The van der Waals surface area contributed by atoms with Crippen LogP contribution in [-0.2, 0) is 14.8 Å². The fraction of sp³-hybridized carbons (Fsp3) is 0.316. The summed E-state index contributed by atoms with van der Waals surface area (Å²) in [5.74, 6) is 0.332. The fourth-order valence-electron chi connectivity index (χ4n) is 2.39. The maximum absolute atomic E-state index is 12.2. The van der Waals surface area contributed by atoms with Gasteiger partial charge in [-0.05, 0) is 56.7 Å². The molecule has 1 amide bonds. The highest BCUT2D eigenvalue weighted by atomic mass is 35.5. The summed E-state index contributed by atoms with van der Waals surface area (Å²) < 4.78 is 37.5. The summed E-state index contributed by atoms with van der Waals surface area (Å²) in [5.41, 5.74) is 1.50. The Kier molecular flexibility index (Phi) is 7.29. The van der Waals surface area contributed by atoms with Gasteiger partial charge in [-0.3, -0.25) is 4.79 Å². The lowest BCUT2D eigenvalue weighted by atomic mass is 10.2. The van der Waals surface area contributed by atoms with Crippen molar-refractivity contribution in [1.82, 2.24) is 4.72 Å². The molecule has 0 fully saturated rings. The Morgan fingerprint density at radius 2 is 1.82 bits per heavy atom. The molecule has 2 N–H and O–H groups in total. The molecule has 0 aliphatic rings. The Balaban J connectivity index is 2.05. The van der Waals surface area contributed by atoms with Gasteiger partial charge in [0.15, 0.2) is 6.61 Å². The van der Waals surface area contributed by atoms with Gasteiger partial charge in [0.1, 0.15) is 11.5 Å². The van der Waals surface area contributed by atoms with E-state index in [1.54, 1.807) is 26.0 Å². The Bertz CT molecular complexity index is 961. The average Bonchev–Trinajstić information content (AvgIpc) is 2.59. The number of ether oxygens (including phenoxy) is 2. The van der Waals surface area contributed by atoms with Crippen LogP contribution in [0.4, 0.5) is 5.69 Å². The molecule has 28 heavy (non-hydrogen) atoms. The topological polar surface area (TPSA) is 93.7 Å². The first-order chi connectivity index (χ1) is 13.1. The van der Waals surface area contributed by atoms with Crippen molar-refractivity contribution in [3.8, 4) is 11.5 Å². The van der Waals surface area contributed by atoms with E-state index < -0.39 is 15.9 Å². The van der Waals surface area contributed by atoms with Crippen molar-refractivity contribution in [2.75, 3.05) is 19.0 Å². The number of hydrogen-bond acceptors (Lipinski definition) is 5. The minimum absolute atomic E-state index is 0.0208. The number of halogens is 1. The van der Waals surface area contributed by atoms with Gasteiger partial charge in [-0.2, -0.15) is 0 Å². The van der Waals surface area contributed by atoms with Crippen LogP contribution < -0.4 is 19.5 Å². The van der Waals surface area contributed by atoms with Crippen LogP contribution in [-0.4, -0.2) is 34.1 Å². The minimum atomic E-state index is -3.67. The van der Waals surface area contributed by atoms with Crippen molar-refractivity contribution in [3.63, 3.8) is 0 Å². The number of aryl methyl sites for hydroxylation is 1. The van der Waals surface area contributed by atoms with Gasteiger partial charge in [0, 0.05) is 6.04 Å². The van der Waals surface area contributed by atoms with Gasteiger partial charge in [0.2, 0.25) is 10.0 Å². The van der Waals surface area contributed by atoms with E-state index in [4.69, 9.17) is 21.1 Å². The van der Waals surface area contributed by atoms with E-state index in [1.807, 2.05) is 13.0 Å². The molecule has 2 aromatic carbocycles. The van der Waals surface area contributed by atoms with Crippen molar-refractivity contribution in [2.24, 2.45) is 0 Å². The molecule has 0 spiro atoms. The van der Waals surface area contributed by atoms with Crippen LogP contribution in [0.2, 0.25) is 5.02 Å². The standard InChI is InChI=1S/C19H23ClN2O5S/c1-12(2)22-28(24,25)14-6-8-17(15(20)10-14)27-11-19(23)21-16-9-13(3)5-7-18(16)26-4/h5-10,12,22H,11H2,1-4H3,(H,21,23). The highest BCUT2D eigenvalue weighted by Gasteiger charge is 2.17. The number of rotatable bonds is 8.